The normalized spacial score (nSPS) is 15.7. The molecule has 1 fully saturated rings. The van der Waals surface area contributed by atoms with E-state index in [1.165, 1.54) is 6.33 Å². The summed E-state index contributed by atoms with van der Waals surface area (Å²) in [6.45, 7) is 4.87. The molecule has 1 aliphatic rings. The Morgan fingerprint density at radius 1 is 1.18 bits per heavy atom. The van der Waals surface area contributed by atoms with Crippen molar-refractivity contribution in [3.63, 3.8) is 0 Å². The molecule has 0 radical (unpaired) electrons. The number of halogens is 1. The molecule has 3 aromatic heterocycles. The Morgan fingerprint density at radius 2 is 2.00 bits per heavy atom. The summed E-state index contributed by atoms with van der Waals surface area (Å²) in [5.41, 5.74) is 5.98. The van der Waals surface area contributed by atoms with Crippen molar-refractivity contribution in [2.75, 3.05) is 19.0 Å². The van der Waals surface area contributed by atoms with Gasteiger partial charge >= 0.3 is 5.97 Å². The van der Waals surface area contributed by atoms with Crippen molar-refractivity contribution in [2.24, 2.45) is 7.05 Å². The van der Waals surface area contributed by atoms with Crippen LogP contribution in [0.15, 0.2) is 61.3 Å². The lowest BCUT2D eigenvalue weighted by Crippen LogP contribution is -2.17. The molecule has 2 aromatic carbocycles. The van der Waals surface area contributed by atoms with Gasteiger partial charge in [-0.25, -0.2) is 19.7 Å². The van der Waals surface area contributed by atoms with E-state index in [9.17, 15) is 4.79 Å². The standard InChI is InChI=1S/C33H35ClN6O4/c1-20-25(34)15-24(21(2)38-31-29-32(36-18-35-31)40(19-37-29)27-12-8-9-13-43-27)30(42-4)28(20)23-14-26(39(3)16-23)33(41)44-17-22-10-6-5-7-11-22/h5-7,10-11,14-16,18-19,21,27H,8-9,12-13,17H2,1-4H3,(H,35,36,38). The average Bonchev–Trinajstić information content (AvgIpc) is 3.66. The second-order valence-corrected chi connectivity index (χ2v) is 11.4. The fourth-order valence-electron chi connectivity index (χ4n) is 5.73. The van der Waals surface area contributed by atoms with Gasteiger partial charge in [-0.3, -0.25) is 4.57 Å². The summed E-state index contributed by atoms with van der Waals surface area (Å²) in [5, 5.41) is 4.08. The van der Waals surface area contributed by atoms with E-state index in [0.29, 0.717) is 33.4 Å². The molecule has 4 heterocycles. The Balaban J connectivity index is 1.30. The van der Waals surface area contributed by atoms with E-state index in [-0.39, 0.29) is 18.9 Å². The molecule has 0 aliphatic carbocycles. The molecule has 44 heavy (non-hydrogen) atoms. The molecule has 6 rings (SSSR count). The van der Waals surface area contributed by atoms with E-state index in [1.54, 1.807) is 18.0 Å². The van der Waals surface area contributed by atoms with Crippen molar-refractivity contribution < 1.29 is 19.0 Å². The Hall–Kier alpha value is -4.41. The van der Waals surface area contributed by atoms with E-state index in [0.717, 1.165) is 53.7 Å². The number of aryl methyl sites for hydroxylation is 1. The van der Waals surface area contributed by atoms with Gasteiger partial charge in [0, 0.05) is 41.6 Å². The maximum Gasteiger partial charge on any atom is 0.355 e. The number of fused-ring (bicyclic) bond motifs is 1. The smallest absolute Gasteiger partial charge is 0.355 e. The topological polar surface area (TPSA) is 105 Å². The second kappa shape index (κ2) is 12.7. The van der Waals surface area contributed by atoms with Crippen molar-refractivity contribution >= 4 is 34.6 Å². The van der Waals surface area contributed by atoms with Crippen molar-refractivity contribution in [1.29, 1.82) is 0 Å². The van der Waals surface area contributed by atoms with Gasteiger partial charge < -0.3 is 24.1 Å². The maximum atomic E-state index is 13.0. The predicted molar refractivity (Wildman–Crippen MR) is 169 cm³/mol. The van der Waals surface area contributed by atoms with Gasteiger partial charge in [0.15, 0.2) is 17.0 Å². The van der Waals surface area contributed by atoms with Crippen LogP contribution in [0.3, 0.4) is 0 Å². The zero-order valence-corrected chi connectivity index (χ0v) is 26.0. The van der Waals surface area contributed by atoms with Crippen LogP contribution in [0.4, 0.5) is 5.82 Å². The fourth-order valence-corrected chi connectivity index (χ4v) is 5.94. The lowest BCUT2D eigenvalue weighted by Gasteiger charge is -2.24. The predicted octanol–water partition coefficient (Wildman–Crippen LogP) is 7.03. The lowest BCUT2D eigenvalue weighted by molar-refractivity contribution is -0.0298. The molecule has 1 aliphatic heterocycles. The molecule has 11 heteroatoms. The number of hydrogen-bond acceptors (Lipinski definition) is 8. The first-order valence-corrected chi connectivity index (χ1v) is 15.0. The largest absolute Gasteiger partial charge is 0.496 e. The van der Waals surface area contributed by atoms with Gasteiger partial charge in [-0.15, -0.1) is 0 Å². The van der Waals surface area contributed by atoms with Crippen molar-refractivity contribution in [1.82, 2.24) is 24.1 Å². The van der Waals surface area contributed by atoms with Crippen molar-refractivity contribution in [2.45, 2.75) is 52.0 Å². The van der Waals surface area contributed by atoms with E-state index in [2.05, 4.69) is 20.3 Å². The molecular formula is C33H35ClN6O4. The summed E-state index contributed by atoms with van der Waals surface area (Å²) in [5.74, 6) is 0.830. The van der Waals surface area contributed by atoms with E-state index in [1.807, 2.05) is 74.1 Å². The highest BCUT2D eigenvalue weighted by Gasteiger charge is 2.25. The third-order valence-electron chi connectivity index (χ3n) is 8.07. The number of aromatic nitrogens is 5. The average molecular weight is 615 g/mol. The number of methoxy groups -OCH3 is 1. The summed E-state index contributed by atoms with van der Waals surface area (Å²) >= 11 is 6.82. The number of carbonyl (C=O) groups excluding carboxylic acids is 1. The molecule has 0 bridgehead atoms. The first kappa shape index (κ1) is 29.7. The van der Waals surface area contributed by atoms with Crippen LogP contribution in [0.2, 0.25) is 5.02 Å². The number of imidazole rings is 1. The zero-order valence-electron chi connectivity index (χ0n) is 25.2. The van der Waals surface area contributed by atoms with Crippen LogP contribution in [0.5, 0.6) is 5.75 Å². The molecule has 2 unspecified atom stereocenters. The lowest BCUT2D eigenvalue weighted by atomic mass is 9.95. The first-order valence-electron chi connectivity index (χ1n) is 14.7. The van der Waals surface area contributed by atoms with E-state index >= 15 is 0 Å². The highest BCUT2D eigenvalue weighted by Crippen LogP contribution is 2.43. The third-order valence-corrected chi connectivity index (χ3v) is 8.46. The minimum atomic E-state index is -0.414. The van der Waals surface area contributed by atoms with Gasteiger partial charge in [0.1, 0.15) is 30.6 Å². The van der Waals surface area contributed by atoms with Gasteiger partial charge in [-0.2, -0.15) is 0 Å². The number of hydrogen-bond donors (Lipinski definition) is 1. The number of anilines is 1. The van der Waals surface area contributed by atoms with Crippen LogP contribution in [0.1, 0.15) is 65.6 Å². The summed E-state index contributed by atoms with van der Waals surface area (Å²) in [7, 11) is 3.45. The number of benzene rings is 2. The highest BCUT2D eigenvalue weighted by molar-refractivity contribution is 6.32. The summed E-state index contributed by atoms with van der Waals surface area (Å²) in [6, 6.07) is 13.0. The van der Waals surface area contributed by atoms with Gasteiger partial charge in [0.2, 0.25) is 0 Å². The maximum absolute atomic E-state index is 13.0. The molecule has 1 N–H and O–H groups in total. The molecule has 0 amide bonds. The third kappa shape index (κ3) is 5.75. The Bertz CT molecular complexity index is 1800. The Kier molecular flexibility index (Phi) is 8.54. The van der Waals surface area contributed by atoms with Gasteiger partial charge in [-0.05, 0) is 56.4 Å². The molecule has 0 saturated carbocycles. The minimum Gasteiger partial charge on any atom is -0.496 e. The number of ether oxygens (including phenoxy) is 3. The van der Waals surface area contributed by atoms with E-state index < -0.39 is 5.97 Å². The Labute approximate surface area is 261 Å². The second-order valence-electron chi connectivity index (χ2n) is 11.0. The van der Waals surface area contributed by atoms with Crippen LogP contribution < -0.4 is 10.1 Å². The number of carbonyl (C=O) groups is 1. The number of nitrogens with zero attached hydrogens (tertiary/aromatic N) is 5. The number of rotatable bonds is 9. The molecule has 10 nitrogen and oxygen atoms in total. The van der Waals surface area contributed by atoms with Crippen LogP contribution >= 0.6 is 11.6 Å². The fraction of sp³-hybridized carbons (Fsp3) is 0.333. The van der Waals surface area contributed by atoms with Gasteiger partial charge in [0.25, 0.3) is 0 Å². The zero-order chi connectivity index (χ0) is 30.8. The summed E-state index contributed by atoms with van der Waals surface area (Å²) < 4.78 is 21.3. The molecular weight excluding hydrogens is 580 g/mol. The van der Waals surface area contributed by atoms with Crippen LogP contribution in [0.25, 0.3) is 22.3 Å². The number of esters is 1. The molecule has 228 valence electrons. The summed E-state index contributed by atoms with van der Waals surface area (Å²) in [4.78, 5) is 26.7. The van der Waals surface area contributed by atoms with Gasteiger partial charge in [-0.1, -0.05) is 41.9 Å². The molecule has 1 saturated heterocycles. The highest BCUT2D eigenvalue weighted by atomic mass is 35.5. The van der Waals surface area contributed by atoms with Gasteiger partial charge in [0.05, 0.1) is 19.5 Å². The molecule has 5 aromatic rings. The van der Waals surface area contributed by atoms with Crippen molar-refractivity contribution in [3.8, 4) is 16.9 Å². The quantitative estimate of drug-likeness (QED) is 0.176. The first-order chi connectivity index (χ1) is 21.4. The SMILES string of the molecule is COc1c(C(C)Nc2ncnc3c2ncn3C2CCCCO2)cc(Cl)c(C)c1-c1cc(C(=O)OCc2ccccc2)n(C)c1. The van der Waals surface area contributed by atoms with Crippen LogP contribution in [-0.4, -0.2) is 43.8 Å². The van der Waals surface area contributed by atoms with Crippen molar-refractivity contribution in [3.05, 3.63) is 88.7 Å². The van der Waals surface area contributed by atoms with Crippen LogP contribution in [0, 0.1) is 6.92 Å². The monoisotopic (exact) mass is 614 g/mol. The number of nitrogens with one attached hydrogen (secondary N) is 1. The van der Waals surface area contributed by atoms with Crippen LogP contribution in [-0.2, 0) is 23.1 Å². The summed E-state index contributed by atoms with van der Waals surface area (Å²) in [6.07, 6.45) is 8.19. The van der Waals surface area contributed by atoms with E-state index in [4.69, 9.17) is 25.8 Å². The minimum absolute atomic E-state index is 0.0844. The molecule has 0 spiro atoms. The Morgan fingerprint density at radius 3 is 2.75 bits per heavy atom. The molecule has 2 atom stereocenters.